The molecule has 1 aromatic rings. The molecule has 0 amide bonds. The molecule has 0 aliphatic carbocycles. The van der Waals surface area contributed by atoms with Gasteiger partial charge in [-0.15, -0.1) is 0 Å². The lowest BCUT2D eigenvalue weighted by atomic mass is 10.0. The molecule has 21 heavy (non-hydrogen) atoms. The number of β-amino-alcohol motifs (C(OH)–C–C–N with tert-alkyl or cyclic N) is 1. The normalized spacial score (nSPS) is 19.7. The molecule has 1 saturated heterocycles. The van der Waals surface area contributed by atoms with E-state index in [-0.39, 0.29) is 0 Å². The second-order valence-electron chi connectivity index (χ2n) is 6.79. The molecule has 4 nitrogen and oxygen atoms in total. The fourth-order valence-corrected chi connectivity index (χ4v) is 3.15. The molecule has 0 spiro atoms. The molecule has 4 heteroatoms. The number of nitrogens with two attached hydrogens (primary N) is 1. The molecule has 118 valence electrons. The first kappa shape index (κ1) is 16.4. The summed E-state index contributed by atoms with van der Waals surface area (Å²) in [6.07, 6.45) is 0. The van der Waals surface area contributed by atoms with Crippen molar-refractivity contribution in [3.8, 4) is 0 Å². The molecular weight excluding hydrogens is 262 g/mol. The molecule has 0 aromatic heterocycles. The minimum Gasteiger partial charge on any atom is -0.389 e. The molecule has 0 saturated carbocycles. The van der Waals surface area contributed by atoms with Crippen LogP contribution in [0.3, 0.4) is 0 Å². The van der Waals surface area contributed by atoms with Crippen molar-refractivity contribution in [2.24, 2.45) is 5.73 Å². The topological polar surface area (TPSA) is 52.7 Å². The number of piperazine rings is 1. The minimum absolute atomic E-state index is 0.300. The first-order valence-electron chi connectivity index (χ1n) is 7.84. The predicted octanol–water partition coefficient (Wildman–Crippen LogP) is 1.38. The average molecular weight is 291 g/mol. The number of benzene rings is 1. The zero-order valence-electron chi connectivity index (χ0n) is 13.5. The second-order valence-corrected chi connectivity index (χ2v) is 6.79. The van der Waals surface area contributed by atoms with Crippen molar-refractivity contribution in [3.05, 3.63) is 35.4 Å². The Bertz CT molecular complexity index is 448. The Balaban J connectivity index is 1.96. The summed E-state index contributed by atoms with van der Waals surface area (Å²) >= 11 is 0. The third-order valence-electron chi connectivity index (χ3n) is 4.11. The number of hydrogen-bond donors (Lipinski definition) is 2. The van der Waals surface area contributed by atoms with Gasteiger partial charge in [0.25, 0.3) is 0 Å². The lowest BCUT2D eigenvalue weighted by Crippen LogP contribution is -2.52. The summed E-state index contributed by atoms with van der Waals surface area (Å²) in [4.78, 5) is 4.80. The van der Waals surface area contributed by atoms with E-state index in [0.717, 1.165) is 32.7 Å². The van der Waals surface area contributed by atoms with E-state index in [2.05, 4.69) is 41.0 Å². The largest absolute Gasteiger partial charge is 0.389 e. The van der Waals surface area contributed by atoms with E-state index in [9.17, 15) is 5.11 Å². The summed E-state index contributed by atoms with van der Waals surface area (Å²) in [6, 6.07) is 8.94. The van der Waals surface area contributed by atoms with Gasteiger partial charge in [-0.05, 0) is 26.3 Å². The Kier molecular flexibility index (Phi) is 5.38. The van der Waals surface area contributed by atoms with Gasteiger partial charge in [0.05, 0.1) is 5.60 Å². The predicted molar refractivity (Wildman–Crippen MR) is 87.3 cm³/mol. The van der Waals surface area contributed by atoms with Gasteiger partial charge in [-0.2, -0.15) is 0 Å². The van der Waals surface area contributed by atoms with Crippen molar-refractivity contribution in [2.45, 2.75) is 32.4 Å². The molecule has 1 atom stereocenters. The van der Waals surface area contributed by atoms with Crippen LogP contribution in [-0.4, -0.2) is 59.8 Å². The smallest absolute Gasteiger partial charge is 0.0718 e. The summed E-state index contributed by atoms with van der Waals surface area (Å²) < 4.78 is 0. The van der Waals surface area contributed by atoms with Crippen LogP contribution in [0.1, 0.15) is 31.0 Å². The SMILES string of the molecule is Cc1cccc(C(CN)N2CCN(CC(C)(C)O)CC2)c1. The molecule has 1 aliphatic rings. The zero-order chi connectivity index (χ0) is 15.5. The quantitative estimate of drug-likeness (QED) is 0.861. The van der Waals surface area contributed by atoms with Crippen molar-refractivity contribution in [2.75, 3.05) is 39.3 Å². The van der Waals surface area contributed by atoms with Gasteiger partial charge < -0.3 is 10.8 Å². The van der Waals surface area contributed by atoms with E-state index in [1.165, 1.54) is 11.1 Å². The van der Waals surface area contributed by atoms with Crippen LogP contribution in [0.25, 0.3) is 0 Å². The molecule has 1 aromatic carbocycles. The van der Waals surface area contributed by atoms with Crippen molar-refractivity contribution < 1.29 is 5.11 Å². The van der Waals surface area contributed by atoms with E-state index < -0.39 is 5.60 Å². The standard InChI is InChI=1S/C17H29N3O/c1-14-5-4-6-15(11-14)16(12-18)20-9-7-19(8-10-20)13-17(2,3)21/h4-6,11,16,21H,7-10,12-13,18H2,1-3H3. The summed E-state index contributed by atoms with van der Waals surface area (Å²) in [5.74, 6) is 0. The van der Waals surface area contributed by atoms with Crippen LogP contribution in [0, 0.1) is 6.92 Å². The maximum Gasteiger partial charge on any atom is 0.0718 e. The molecular formula is C17H29N3O. The number of nitrogens with zero attached hydrogens (tertiary/aromatic N) is 2. The van der Waals surface area contributed by atoms with Crippen LogP contribution in [-0.2, 0) is 0 Å². The minimum atomic E-state index is -0.619. The molecule has 2 rings (SSSR count). The van der Waals surface area contributed by atoms with Crippen LogP contribution in [0.2, 0.25) is 0 Å². The highest BCUT2D eigenvalue weighted by atomic mass is 16.3. The number of hydrogen-bond acceptors (Lipinski definition) is 4. The van der Waals surface area contributed by atoms with E-state index in [4.69, 9.17) is 5.73 Å². The number of rotatable bonds is 5. The molecule has 1 heterocycles. The van der Waals surface area contributed by atoms with Crippen molar-refractivity contribution in [1.82, 2.24) is 9.80 Å². The Morgan fingerprint density at radius 3 is 2.43 bits per heavy atom. The molecule has 1 fully saturated rings. The van der Waals surface area contributed by atoms with Gasteiger partial charge in [0.1, 0.15) is 0 Å². The van der Waals surface area contributed by atoms with Gasteiger partial charge in [-0.1, -0.05) is 29.8 Å². The maximum atomic E-state index is 9.92. The number of aliphatic hydroxyl groups is 1. The Morgan fingerprint density at radius 1 is 1.24 bits per heavy atom. The zero-order valence-corrected chi connectivity index (χ0v) is 13.5. The van der Waals surface area contributed by atoms with Crippen LogP contribution in [0.4, 0.5) is 0 Å². The summed E-state index contributed by atoms with van der Waals surface area (Å²) in [6.45, 7) is 11.2. The maximum absolute atomic E-state index is 9.92. The third-order valence-corrected chi connectivity index (χ3v) is 4.11. The Hall–Kier alpha value is -0.940. The molecule has 0 bridgehead atoms. The second kappa shape index (κ2) is 6.88. The molecule has 0 radical (unpaired) electrons. The first-order valence-corrected chi connectivity index (χ1v) is 7.84. The van der Waals surface area contributed by atoms with Gasteiger partial charge in [0.2, 0.25) is 0 Å². The monoisotopic (exact) mass is 291 g/mol. The lowest BCUT2D eigenvalue weighted by molar-refractivity contribution is 0.0113. The van der Waals surface area contributed by atoms with E-state index in [0.29, 0.717) is 12.6 Å². The van der Waals surface area contributed by atoms with Crippen LogP contribution in [0.15, 0.2) is 24.3 Å². The molecule has 1 unspecified atom stereocenters. The Morgan fingerprint density at radius 2 is 1.90 bits per heavy atom. The fourth-order valence-electron chi connectivity index (χ4n) is 3.15. The van der Waals surface area contributed by atoms with Gasteiger partial charge in [-0.25, -0.2) is 0 Å². The van der Waals surface area contributed by atoms with Gasteiger partial charge in [0, 0.05) is 45.3 Å². The molecule has 1 aliphatic heterocycles. The summed E-state index contributed by atoms with van der Waals surface area (Å²) in [5.41, 5.74) is 8.01. The van der Waals surface area contributed by atoms with Crippen molar-refractivity contribution in [1.29, 1.82) is 0 Å². The van der Waals surface area contributed by atoms with Gasteiger partial charge in [0.15, 0.2) is 0 Å². The first-order chi connectivity index (χ1) is 9.89. The highest BCUT2D eigenvalue weighted by Crippen LogP contribution is 2.22. The van der Waals surface area contributed by atoms with Crippen LogP contribution < -0.4 is 5.73 Å². The van der Waals surface area contributed by atoms with E-state index >= 15 is 0 Å². The van der Waals surface area contributed by atoms with Crippen LogP contribution in [0.5, 0.6) is 0 Å². The van der Waals surface area contributed by atoms with Gasteiger partial charge in [-0.3, -0.25) is 9.80 Å². The number of aryl methyl sites for hydroxylation is 1. The van der Waals surface area contributed by atoms with E-state index in [1.807, 2.05) is 13.8 Å². The summed E-state index contributed by atoms with van der Waals surface area (Å²) in [5, 5.41) is 9.92. The van der Waals surface area contributed by atoms with Gasteiger partial charge >= 0.3 is 0 Å². The highest BCUT2D eigenvalue weighted by molar-refractivity contribution is 5.25. The third kappa shape index (κ3) is 4.78. The van der Waals surface area contributed by atoms with Crippen molar-refractivity contribution in [3.63, 3.8) is 0 Å². The highest BCUT2D eigenvalue weighted by Gasteiger charge is 2.26. The summed E-state index contributed by atoms with van der Waals surface area (Å²) in [7, 11) is 0. The van der Waals surface area contributed by atoms with Crippen molar-refractivity contribution >= 4 is 0 Å². The fraction of sp³-hybridized carbons (Fsp3) is 0.647. The lowest BCUT2D eigenvalue weighted by Gasteiger charge is -2.40. The molecule has 3 N–H and O–H groups in total. The van der Waals surface area contributed by atoms with E-state index in [1.54, 1.807) is 0 Å². The average Bonchev–Trinajstić information content (AvgIpc) is 2.40. The Labute approximate surface area is 128 Å². The van der Waals surface area contributed by atoms with Crippen LogP contribution >= 0.6 is 0 Å².